The topological polar surface area (TPSA) is 49.7 Å². The number of allylic oxidation sites excluding steroid dienone is 3. The van der Waals surface area contributed by atoms with Crippen molar-refractivity contribution in [1.82, 2.24) is 0 Å². The number of hydrogen-bond acceptors (Lipinski definition) is 3. The lowest BCUT2D eigenvalue weighted by atomic mass is 10.1. The largest absolute Gasteiger partial charge is 0.498 e. The maximum Gasteiger partial charge on any atom is 0.115 e. The highest BCUT2D eigenvalue weighted by Crippen LogP contribution is 2.07. The van der Waals surface area contributed by atoms with E-state index in [1.807, 2.05) is 6.08 Å². The first-order chi connectivity index (χ1) is 8.81. The molecule has 106 valence electrons. The first kappa shape index (κ1) is 17.2. The first-order valence-corrected chi connectivity index (χ1v) is 7.03. The molecule has 0 aromatic rings. The summed E-state index contributed by atoms with van der Waals surface area (Å²) < 4.78 is 5.02. The Labute approximate surface area is 111 Å². The van der Waals surface area contributed by atoms with Crippen molar-refractivity contribution in [2.75, 3.05) is 13.2 Å². The summed E-state index contributed by atoms with van der Waals surface area (Å²) in [5, 5.41) is 17.5. The Kier molecular flexibility index (Phi) is 13.6. The summed E-state index contributed by atoms with van der Waals surface area (Å²) in [6.45, 7) is 2.11. The molecule has 0 aromatic carbocycles. The zero-order valence-electron chi connectivity index (χ0n) is 11.6. The van der Waals surface area contributed by atoms with Crippen molar-refractivity contribution in [2.24, 2.45) is 0 Å². The summed E-state index contributed by atoms with van der Waals surface area (Å²) >= 11 is 0. The second-order valence-electron chi connectivity index (χ2n) is 4.48. The Morgan fingerprint density at radius 2 is 1.78 bits per heavy atom. The van der Waals surface area contributed by atoms with Crippen LogP contribution < -0.4 is 0 Å². The van der Waals surface area contributed by atoms with Crippen LogP contribution in [0.15, 0.2) is 24.5 Å². The third kappa shape index (κ3) is 13.3. The van der Waals surface area contributed by atoms with Crippen LogP contribution in [0.25, 0.3) is 0 Å². The molecule has 0 spiro atoms. The van der Waals surface area contributed by atoms with Gasteiger partial charge in [-0.25, -0.2) is 0 Å². The lowest BCUT2D eigenvalue weighted by Gasteiger charge is -2.04. The number of rotatable bonds is 12. The standard InChI is InChI=1S/C15H28O3/c1-2-3-4-5-6-7-8-9-10-11-12-18-14-15(17)13-16/h9-12,15-17H,2-8,13-14H2,1H3/b10-9+,12-11-. The maximum absolute atomic E-state index is 8.99. The predicted octanol–water partition coefficient (Wildman–Crippen LogP) is 3.18. The Morgan fingerprint density at radius 1 is 1.06 bits per heavy atom. The highest BCUT2D eigenvalue weighted by Gasteiger charge is 1.98. The smallest absolute Gasteiger partial charge is 0.115 e. The van der Waals surface area contributed by atoms with Crippen molar-refractivity contribution in [3.8, 4) is 0 Å². The highest BCUT2D eigenvalue weighted by atomic mass is 16.5. The molecule has 3 heteroatoms. The molecule has 3 nitrogen and oxygen atoms in total. The summed E-state index contributed by atoms with van der Waals surface area (Å²) in [6, 6.07) is 0. The minimum atomic E-state index is -0.790. The highest BCUT2D eigenvalue weighted by molar-refractivity contribution is 4.99. The SMILES string of the molecule is CCCCCCCC/C=C/C=C\OCC(O)CO. The molecule has 0 aliphatic carbocycles. The van der Waals surface area contributed by atoms with E-state index in [9.17, 15) is 0 Å². The van der Waals surface area contributed by atoms with Crippen molar-refractivity contribution in [3.05, 3.63) is 24.5 Å². The number of unbranched alkanes of at least 4 members (excludes halogenated alkanes) is 6. The fourth-order valence-electron chi connectivity index (χ4n) is 1.54. The van der Waals surface area contributed by atoms with Crippen molar-refractivity contribution < 1.29 is 14.9 Å². The average Bonchev–Trinajstić information content (AvgIpc) is 2.39. The molecule has 0 radical (unpaired) electrons. The molecule has 18 heavy (non-hydrogen) atoms. The van der Waals surface area contributed by atoms with Gasteiger partial charge in [0.15, 0.2) is 0 Å². The van der Waals surface area contributed by atoms with E-state index in [2.05, 4.69) is 13.0 Å². The van der Waals surface area contributed by atoms with Crippen LogP contribution in [-0.4, -0.2) is 29.5 Å². The third-order valence-electron chi connectivity index (χ3n) is 2.65. The van der Waals surface area contributed by atoms with Crippen LogP contribution in [0.1, 0.15) is 51.9 Å². The molecule has 0 aliphatic rings. The van der Waals surface area contributed by atoms with Crippen LogP contribution in [-0.2, 0) is 4.74 Å². The molecule has 0 aliphatic heterocycles. The van der Waals surface area contributed by atoms with Crippen LogP contribution in [0, 0.1) is 0 Å². The molecule has 0 rings (SSSR count). The fraction of sp³-hybridized carbons (Fsp3) is 0.733. The van der Waals surface area contributed by atoms with E-state index in [-0.39, 0.29) is 13.2 Å². The van der Waals surface area contributed by atoms with Crippen molar-refractivity contribution >= 4 is 0 Å². The van der Waals surface area contributed by atoms with E-state index in [1.54, 1.807) is 6.08 Å². The number of ether oxygens (including phenoxy) is 1. The first-order valence-electron chi connectivity index (χ1n) is 7.03. The van der Waals surface area contributed by atoms with Gasteiger partial charge in [-0.3, -0.25) is 0 Å². The van der Waals surface area contributed by atoms with Crippen LogP contribution in [0.5, 0.6) is 0 Å². The van der Waals surface area contributed by atoms with Crippen molar-refractivity contribution in [3.63, 3.8) is 0 Å². The zero-order valence-corrected chi connectivity index (χ0v) is 11.6. The van der Waals surface area contributed by atoms with Crippen LogP contribution >= 0.6 is 0 Å². The maximum atomic E-state index is 8.99. The summed E-state index contributed by atoms with van der Waals surface area (Å²) in [6.07, 6.45) is 15.7. The Hall–Kier alpha value is -0.800. The van der Waals surface area contributed by atoms with Gasteiger partial charge >= 0.3 is 0 Å². The van der Waals surface area contributed by atoms with E-state index in [0.29, 0.717) is 0 Å². The predicted molar refractivity (Wildman–Crippen MR) is 75.3 cm³/mol. The third-order valence-corrected chi connectivity index (χ3v) is 2.65. The van der Waals surface area contributed by atoms with Gasteiger partial charge in [0.25, 0.3) is 0 Å². The van der Waals surface area contributed by atoms with E-state index in [1.165, 1.54) is 44.8 Å². The quantitative estimate of drug-likeness (QED) is 0.320. The number of aliphatic hydroxyl groups excluding tert-OH is 2. The molecule has 2 N–H and O–H groups in total. The molecule has 1 atom stereocenters. The van der Waals surface area contributed by atoms with E-state index >= 15 is 0 Å². The summed E-state index contributed by atoms with van der Waals surface area (Å²) in [4.78, 5) is 0. The van der Waals surface area contributed by atoms with Gasteiger partial charge in [0.05, 0.1) is 12.9 Å². The minimum Gasteiger partial charge on any atom is -0.498 e. The summed E-state index contributed by atoms with van der Waals surface area (Å²) in [7, 11) is 0. The zero-order chi connectivity index (χ0) is 13.5. The Bertz CT molecular complexity index is 212. The lowest BCUT2D eigenvalue weighted by molar-refractivity contribution is 0.0384. The van der Waals surface area contributed by atoms with Gasteiger partial charge in [-0.1, -0.05) is 51.2 Å². The molecule has 0 saturated heterocycles. The molecule has 1 unspecified atom stereocenters. The van der Waals surface area contributed by atoms with Crippen LogP contribution in [0.2, 0.25) is 0 Å². The van der Waals surface area contributed by atoms with Gasteiger partial charge in [0.1, 0.15) is 12.7 Å². The normalized spacial score (nSPS) is 13.5. The second kappa shape index (κ2) is 14.3. The van der Waals surface area contributed by atoms with Crippen LogP contribution in [0.4, 0.5) is 0 Å². The molecule has 0 aromatic heterocycles. The lowest BCUT2D eigenvalue weighted by Crippen LogP contribution is -2.17. The van der Waals surface area contributed by atoms with Crippen LogP contribution in [0.3, 0.4) is 0 Å². The van der Waals surface area contributed by atoms with E-state index < -0.39 is 6.10 Å². The summed E-state index contributed by atoms with van der Waals surface area (Å²) in [5.74, 6) is 0. The molecule has 0 amide bonds. The van der Waals surface area contributed by atoms with Gasteiger partial charge < -0.3 is 14.9 Å². The van der Waals surface area contributed by atoms with Gasteiger partial charge in [-0.2, -0.15) is 0 Å². The fourth-order valence-corrected chi connectivity index (χ4v) is 1.54. The van der Waals surface area contributed by atoms with Gasteiger partial charge in [0.2, 0.25) is 0 Å². The van der Waals surface area contributed by atoms with Crippen molar-refractivity contribution in [1.29, 1.82) is 0 Å². The molecule has 0 heterocycles. The molecule has 0 saturated carbocycles. The minimum absolute atomic E-state index is 0.137. The molecular weight excluding hydrogens is 228 g/mol. The summed E-state index contributed by atoms with van der Waals surface area (Å²) in [5.41, 5.74) is 0. The van der Waals surface area contributed by atoms with E-state index in [0.717, 1.165) is 6.42 Å². The Morgan fingerprint density at radius 3 is 2.50 bits per heavy atom. The van der Waals surface area contributed by atoms with Gasteiger partial charge in [-0.05, 0) is 18.9 Å². The average molecular weight is 256 g/mol. The number of aliphatic hydroxyl groups is 2. The van der Waals surface area contributed by atoms with Gasteiger partial charge in [-0.15, -0.1) is 0 Å². The number of hydrogen-bond donors (Lipinski definition) is 2. The second-order valence-corrected chi connectivity index (χ2v) is 4.48. The van der Waals surface area contributed by atoms with Crippen molar-refractivity contribution in [2.45, 2.75) is 58.0 Å². The van der Waals surface area contributed by atoms with E-state index in [4.69, 9.17) is 14.9 Å². The van der Waals surface area contributed by atoms with Gasteiger partial charge in [0, 0.05) is 0 Å². The molecule has 0 bridgehead atoms. The molecule has 0 fully saturated rings. The Balaban J connectivity index is 3.24. The molecular formula is C15H28O3. The monoisotopic (exact) mass is 256 g/mol.